The molecule has 402 valence electrons. The van der Waals surface area contributed by atoms with E-state index in [1.807, 2.05) is 58.1 Å². The van der Waals surface area contributed by atoms with Crippen LogP contribution in [0.15, 0.2) is 47.6 Å². The van der Waals surface area contributed by atoms with Crippen molar-refractivity contribution in [3.63, 3.8) is 0 Å². The Morgan fingerprint density at radius 2 is 1.59 bits per heavy atom. The zero-order valence-corrected chi connectivity index (χ0v) is 46.1. The van der Waals surface area contributed by atoms with Gasteiger partial charge in [0.15, 0.2) is 11.9 Å². The molecule has 3 N–H and O–H groups in total. The largest absolute Gasteiger partial charge is 0.460 e. The molecule has 1 saturated carbocycles. The van der Waals surface area contributed by atoms with Crippen LogP contribution in [0.1, 0.15) is 139 Å². The summed E-state index contributed by atoms with van der Waals surface area (Å²) in [4.78, 5) is 71.1. The van der Waals surface area contributed by atoms with Crippen LogP contribution in [0, 0.1) is 35.5 Å². The number of rotatable bonds is 8. The molecule has 2 bridgehead atoms. The van der Waals surface area contributed by atoms with Gasteiger partial charge in [0.05, 0.1) is 18.3 Å². The molecule has 4 rings (SSSR count). The number of alkyl halides is 1. The third-order valence-electron chi connectivity index (χ3n) is 15.4. The summed E-state index contributed by atoms with van der Waals surface area (Å²) in [6.07, 6.45) is 9.40. The number of ketones is 2. The number of nitrogens with zero attached hydrogens (tertiary/aromatic N) is 1. The summed E-state index contributed by atoms with van der Waals surface area (Å²) in [5, 5.41) is 35.4. The van der Waals surface area contributed by atoms with E-state index in [9.17, 15) is 39.3 Å². The summed E-state index contributed by atoms with van der Waals surface area (Å²) >= 11 is 3.38. The zero-order valence-electron chi connectivity index (χ0n) is 44.5. The standard InChI is InChI=1S/C55H86BrNO14/c1-32-18-14-13-15-19-33(2)44(66-10)30-40-23-21-38(7)55(65,71-40)50(61)51(62)57-25-17-16-20-41(57)52(63)69-45(31-42(58)34(3)27-37(6)48(60)49(68-12)47(59)36(5)26-32)35(4)28-39-22-24-43(46(29-39)67-11)70-53(64)54(8,9)56/h13-15,18-19,27,32,34-36,38-41,43-46,48-50,60-61,65H,16-17,20-26,28-31H2,1-12H3/b15-13+,18-14+,33-19+,37-27+/t32-,34-,35+,36-,38-,39+,40+,41?,43-,44+,45+,46-,48-,49+,50?,55-/m1/s1. The number of fused-ring (bicyclic) bond motifs is 3. The third kappa shape index (κ3) is 16.5. The zero-order chi connectivity index (χ0) is 53.0. The van der Waals surface area contributed by atoms with E-state index in [1.165, 1.54) is 12.0 Å². The molecule has 3 heterocycles. The second-order valence-corrected chi connectivity index (χ2v) is 23.6. The van der Waals surface area contributed by atoms with Crippen molar-refractivity contribution in [1.82, 2.24) is 4.90 Å². The van der Waals surface area contributed by atoms with Gasteiger partial charge in [-0.2, -0.15) is 0 Å². The van der Waals surface area contributed by atoms with Gasteiger partial charge in [-0.15, -0.1) is 0 Å². The molecule has 3 aliphatic heterocycles. The highest BCUT2D eigenvalue weighted by Gasteiger charge is 2.53. The van der Waals surface area contributed by atoms with E-state index < -0.39 is 94.5 Å². The number of Topliss-reactive ketones (excluding diaryl/α,β-unsaturated/α-hetero) is 2. The summed E-state index contributed by atoms with van der Waals surface area (Å²) in [5.41, 5.74) is 1.28. The number of methoxy groups -OCH3 is 3. The molecule has 1 amide bonds. The minimum atomic E-state index is -2.25. The molecule has 0 aromatic heterocycles. The van der Waals surface area contributed by atoms with Gasteiger partial charge in [-0.05, 0) is 121 Å². The lowest BCUT2D eigenvalue weighted by Crippen LogP contribution is -2.63. The maximum absolute atomic E-state index is 14.6. The maximum atomic E-state index is 14.6. The minimum absolute atomic E-state index is 0.0141. The predicted octanol–water partition coefficient (Wildman–Crippen LogP) is 7.70. The van der Waals surface area contributed by atoms with E-state index in [0.717, 1.165) is 5.57 Å². The minimum Gasteiger partial charge on any atom is -0.460 e. The Morgan fingerprint density at radius 3 is 2.24 bits per heavy atom. The first-order valence-corrected chi connectivity index (χ1v) is 26.7. The van der Waals surface area contributed by atoms with E-state index in [1.54, 1.807) is 54.9 Å². The lowest BCUT2D eigenvalue weighted by Gasteiger charge is -2.46. The number of hydrogen-bond acceptors (Lipinski definition) is 14. The molecule has 4 aliphatic rings. The summed E-state index contributed by atoms with van der Waals surface area (Å²) in [7, 11) is 4.55. The molecule has 15 nitrogen and oxygen atoms in total. The van der Waals surface area contributed by atoms with Crippen molar-refractivity contribution in [2.75, 3.05) is 27.9 Å². The van der Waals surface area contributed by atoms with Gasteiger partial charge < -0.3 is 48.6 Å². The lowest BCUT2D eigenvalue weighted by atomic mass is 9.78. The van der Waals surface area contributed by atoms with Gasteiger partial charge in [-0.25, -0.2) is 4.79 Å². The van der Waals surface area contributed by atoms with Crippen LogP contribution in [-0.2, 0) is 52.4 Å². The van der Waals surface area contributed by atoms with Gasteiger partial charge in [0.2, 0.25) is 5.79 Å². The molecule has 1 aliphatic carbocycles. The van der Waals surface area contributed by atoms with Crippen molar-refractivity contribution in [3.8, 4) is 0 Å². The Morgan fingerprint density at radius 1 is 0.887 bits per heavy atom. The average Bonchev–Trinajstić information content (AvgIpc) is 3.33. The molecule has 16 heteroatoms. The first kappa shape index (κ1) is 60.5. The topological polar surface area (TPSA) is 205 Å². The monoisotopic (exact) mass is 1060 g/mol. The van der Waals surface area contributed by atoms with Crippen molar-refractivity contribution in [2.45, 2.75) is 204 Å². The highest BCUT2D eigenvalue weighted by atomic mass is 79.9. The summed E-state index contributed by atoms with van der Waals surface area (Å²) in [5.74, 6) is -6.88. The van der Waals surface area contributed by atoms with E-state index >= 15 is 0 Å². The number of aliphatic hydroxyl groups excluding tert-OH is 2. The van der Waals surface area contributed by atoms with E-state index in [4.69, 9.17) is 28.4 Å². The summed E-state index contributed by atoms with van der Waals surface area (Å²) in [6.45, 7) is 16.3. The van der Waals surface area contributed by atoms with Crippen LogP contribution in [0.3, 0.4) is 0 Å². The Hall–Kier alpha value is -3.09. The summed E-state index contributed by atoms with van der Waals surface area (Å²) < 4.78 is 34.9. The molecule has 0 aromatic rings. The van der Waals surface area contributed by atoms with E-state index in [2.05, 4.69) is 15.9 Å². The second kappa shape index (κ2) is 27.4. The predicted molar refractivity (Wildman–Crippen MR) is 273 cm³/mol. The Balaban J connectivity index is 1.70. The highest BCUT2D eigenvalue weighted by Crippen LogP contribution is 2.39. The van der Waals surface area contributed by atoms with Crippen molar-refractivity contribution in [1.29, 1.82) is 0 Å². The molecule has 71 heavy (non-hydrogen) atoms. The quantitative estimate of drug-likeness (QED) is 0.121. The molecular weight excluding hydrogens is 979 g/mol. The lowest BCUT2D eigenvalue weighted by molar-refractivity contribution is -0.317. The van der Waals surface area contributed by atoms with Gasteiger partial charge in [-0.3, -0.25) is 19.2 Å². The van der Waals surface area contributed by atoms with Crippen LogP contribution >= 0.6 is 15.9 Å². The van der Waals surface area contributed by atoms with Crippen LogP contribution in [-0.4, -0.2) is 142 Å². The number of ether oxygens (including phenoxy) is 6. The number of carbonyl (C=O) groups excluding carboxylic acids is 5. The number of carbonyl (C=O) groups is 5. The first-order chi connectivity index (χ1) is 33.4. The number of halogens is 1. The molecule has 0 spiro atoms. The molecule has 3 fully saturated rings. The number of amides is 1. The van der Waals surface area contributed by atoms with Gasteiger partial charge >= 0.3 is 11.9 Å². The molecular formula is C55H86BrNO14. The Kier molecular flexibility index (Phi) is 23.4. The number of hydrogen-bond donors (Lipinski definition) is 3. The van der Waals surface area contributed by atoms with Crippen LogP contribution in [0.5, 0.6) is 0 Å². The van der Waals surface area contributed by atoms with Gasteiger partial charge in [0, 0.05) is 58.5 Å². The third-order valence-corrected chi connectivity index (χ3v) is 15.7. The number of allylic oxidation sites excluding steroid dienone is 6. The van der Waals surface area contributed by atoms with Crippen LogP contribution < -0.4 is 0 Å². The van der Waals surface area contributed by atoms with E-state index in [-0.39, 0.29) is 54.8 Å². The van der Waals surface area contributed by atoms with Gasteiger partial charge in [0.1, 0.15) is 40.6 Å². The SMILES string of the molecule is CO[C@H]1C[C@@H]2CC[C@@H](C)[C@@](O)(O2)C(O)C(=O)N2CCCCC2C(=O)O[C@H]([C@@H](C)C[C@@H]2CC[C@@H](OC(=O)C(C)(C)Br)[C@H](OC)C2)CC(=O)[C@H](C)/C=C(\C)[C@@H](O)[C@@H](OC)C(=O)[C@H](C)C[C@H](C)/C=C/C=C/C=C/1C. The van der Waals surface area contributed by atoms with Crippen molar-refractivity contribution in [3.05, 3.63) is 47.6 Å². The van der Waals surface area contributed by atoms with Crippen molar-refractivity contribution in [2.24, 2.45) is 35.5 Å². The van der Waals surface area contributed by atoms with E-state index in [0.29, 0.717) is 69.8 Å². The van der Waals surface area contributed by atoms with Crippen LogP contribution in [0.2, 0.25) is 0 Å². The molecule has 0 aromatic carbocycles. The normalized spacial score (nSPS) is 39.2. The van der Waals surface area contributed by atoms with Gasteiger partial charge in [-0.1, -0.05) is 87.0 Å². The highest BCUT2D eigenvalue weighted by molar-refractivity contribution is 9.10. The smallest absolute Gasteiger partial charge is 0.329 e. The van der Waals surface area contributed by atoms with Crippen LogP contribution in [0.25, 0.3) is 0 Å². The van der Waals surface area contributed by atoms with Crippen molar-refractivity contribution >= 4 is 45.3 Å². The fourth-order valence-corrected chi connectivity index (χ4v) is 10.8. The fourth-order valence-electron chi connectivity index (χ4n) is 10.7. The van der Waals surface area contributed by atoms with Gasteiger partial charge in [0.25, 0.3) is 5.91 Å². The maximum Gasteiger partial charge on any atom is 0.329 e. The molecule has 2 unspecified atom stereocenters. The van der Waals surface area contributed by atoms with Crippen LogP contribution in [0.4, 0.5) is 0 Å². The van der Waals surface area contributed by atoms with Crippen molar-refractivity contribution < 1.29 is 67.7 Å². The molecule has 16 atom stereocenters. The molecule has 0 radical (unpaired) electrons. The summed E-state index contributed by atoms with van der Waals surface area (Å²) in [6, 6.07) is -1.11. The average molecular weight is 1070 g/mol. The number of piperidine rings is 1. The Labute approximate surface area is 431 Å². The number of esters is 2. The first-order valence-electron chi connectivity index (χ1n) is 25.9. The Bertz CT molecular complexity index is 1930. The second-order valence-electron chi connectivity index (χ2n) is 21.6. The number of aliphatic hydroxyl groups is 3. The fraction of sp³-hybridized carbons (Fsp3) is 0.764. The molecule has 2 saturated heterocycles. The number of cyclic esters (lactones) is 1.